The molecule has 0 bridgehead atoms. The fourth-order valence-corrected chi connectivity index (χ4v) is 3.65. The number of carbonyl (C=O) groups is 1. The van der Waals surface area contributed by atoms with Crippen LogP contribution in [-0.2, 0) is 0 Å². The summed E-state index contributed by atoms with van der Waals surface area (Å²) in [7, 11) is 0. The van der Waals surface area contributed by atoms with Crippen LogP contribution in [-0.4, -0.2) is 11.9 Å². The lowest BCUT2D eigenvalue weighted by molar-refractivity contribution is 0.0930. The van der Waals surface area contributed by atoms with Gasteiger partial charge in [0, 0.05) is 16.1 Å². The Hall–Kier alpha value is -1.62. The number of hydrogen-bond donors (Lipinski definition) is 2. The van der Waals surface area contributed by atoms with E-state index in [4.69, 9.17) is 5.73 Å². The molecule has 1 atom stereocenters. The number of carbonyl (C=O) groups excluding carboxylic acids is 1. The molecule has 1 amide bonds. The Morgan fingerprint density at radius 1 is 1.38 bits per heavy atom. The predicted molar refractivity (Wildman–Crippen MR) is 87.2 cm³/mol. The van der Waals surface area contributed by atoms with Gasteiger partial charge in [-0.1, -0.05) is 26.7 Å². The molecule has 3 N–H and O–H groups in total. The zero-order chi connectivity index (χ0) is 15.6. The lowest BCUT2D eigenvalue weighted by atomic mass is 9.95. The van der Waals surface area contributed by atoms with Crippen LogP contribution in [0.3, 0.4) is 0 Å². The van der Waals surface area contributed by atoms with Crippen molar-refractivity contribution in [2.45, 2.75) is 39.7 Å². The largest absolute Gasteiger partial charge is 0.397 e. The number of nitrogens with two attached hydrogens (primary N) is 1. The number of rotatable bonds is 5. The SMILES string of the molecule is CCC(CC)C(C)NC(=O)c1sc2ccc(F)cc2c1N. The van der Waals surface area contributed by atoms with Gasteiger partial charge in [0.15, 0.2) is 0 Å². The van der Waals surface area contributed by atoms with E-state index in [1.165, 1.54) is 23.5 Å². The summed E-state index contributed by atoms with van der Waals surface area (Å²) in [6, 6.07) is 4.51. The highest BCUT2D eigenvalue weighted by molar-refractivity contribution is 7.21. The Kier molecular flexibility index (Phi) is 4.83. The number of fused-ring (bicyclic) bond motifs is 1. The maximum absolute atomic E-state index is 13.3. The summed E-state index contributed by atoms with van der Waals surface area (Å²) in [4.78, 5) is 12.9. The number of thiophene rings is 1. The van der Waals surface area contributed by atoms with Crippen molar-refractivity contribution >= 4 is 33.0 Å². The van der Waals surface area contributed by atoms with Crippen molar-refractivity contribution in [1.29, 1.82) is 0 Å². The summed E-state index contributed by atoms with van der Waals surface area (Å²) in [6.45, 7) is 6.25. The summed E-state index contributed by atoms with van der Waals surface area (Å²) >= 11 is 1.31. The number of amides is 1. The van der Waals surface area contributed by atoms with E-state index in [2.05, 4.69) is 19.2 Å². The third kappa shape index (κ3) is 3.18. The third-order valence-corrected chi connectivity index (χ3v) is 5.19. The van der Waals surface area contributed by atoms with Gasteiger partial charge < -0.3 is 11.1 Å². The molecule has 5 heteroatoms. The van der Waals surface area contributed by atoms with Crippen LogP contribution in [0, 0.1) is 11.7 Å². The standard InChI is InChI=1S/C16H21FN2OS/c1-4-10(5-2)9(3)19-16(20)15-14(18)12-8-11(17)6-7-13(12)21-15/h6-10H,4-5,18H2,1-3H3,(H,19,20). The first-order valence-electron chi connectivity index (χ1n) is 7.26. The summed E-state index contributed by atoms with van der Waals surface area (Å²) in [5.41, 5.74) is 6.37. The molecule has 0 aliphatic rings. The highest BCUT2D eigenvalue weighted by Gasteiger charge is 2.21. The second kappa shape index (κ2) is 6.43. The van der Waals surface area contributed by atoms with Gasteiger partial charge in [-0.3, -0.25) is 4.79 Å². The van der Waals surface area contributed by atoms with Crippen molar-refractivity contribution in [3.8, 4) is 0 Å². The van der Waals surface area contributed by atoms with Gasteiger partial charge >= 0.3 is 0 Å². The van der Waals surface area contributed by atoms with Crippen LogP contribution in [0.5, 0.6) is 0 Å². The number of nitrogen functional groups attached to an aromatic ring is 1. The molecule has 1 aromatic heterocycles. The fourth-order valence-electron chi connectivity index (χ4n) is 2.64. The van der Waals surface area contributed by atoms with Crippen molar-refractivity contribution in [2.24, 2.45) is 5.92 Å². The van der Waals surface area contributed by atoms with E-state index in [1.54, 1.807) is 6.07 Å². The zero-order valence-electron chi connectivity index (χ0n) is 12.6. The van der Waals surface area contributed by atoms with Crippen LogP contribution in [0.4, 0.5) is 10.1 Å². The van der Waals surface area contributed by atoms with Crippen LogP contribution in [0.15, 0.2) is 18.2 Å². The Bertz CT molecular complexity index is 649. The first-order valence-corrected chi connectivity index (χ1v) is 8.07. The number of hydrogen-bond acceptors (Lipinski definition) is 3. The van der Waals surface area contributed by atoms with Gasteiger partial charge in [0.25, 0.3) is 5.91 Å². The van der Waals surface area contributed by atoms with Crippen molar-refractivity contribution in [2.75, 3.05) is 5.73 Å². The van der Waals surface area contributed by atoms with Crippen molar-refractivity contribution in [3.63, 3.8) is 0 Å². The molecular formula is C16H21FN2OS. The molecule has 0 spiro atoms. The Labute approximate surface area is 128 Å². The van der Waals surface area contributed by atoms with Crippen LogP contribution >= 0.6 is 11.3 Å². The minimum Gasteiger partial charge on any atom is -0.397 e. The van der Waals surface area contributed by atoms with Crippen molar-refractivity contribution in [3.05, 3.63) is 28.9 Å². The maximum atomic E-state index is 13.3. The Balaban J connectivity index is 2.25. The van der Waals surface area contributed by atoms with E-state index in [0.717, 1.165) is 17.5 Å². The number of benzene rings is 1. The van der Waals surface area contributed by atoms with Crippen molar-refractivity contribution in [1.82, 2.24) is 5.32 Å². The van der Waals surface area contributed by atoms with E-state index < -0.39 is 0 Å². The Morgan fingerprint density at radius 3 is 2.67 bits per heavy atom. The van der Waals surface area contributed by atoms with Crippen LogP contribution in [0.25, 0.3) is 10.1 Å². The normalized spacial score (nSPS) is 12.8. The first-order chi connectivity index (χ1) is 9.97. The molecule has 1 aromatic carbocycles. The van der Waals surface area contributed by atoms with Crippen LogP contribution < -0.4 is 11.1 Å². The summed E-state index contributed by atoms with van der Waals surface area (Å²) in [5, 5.41) is 3.62. The highest BCUT2D eigenvalue weighted by Crippen LogP contribution is 2.34. The average molecular weight is 308 g/mol. The molecule has 21 heavy (non-hydrogen) atoms. The van der Waals surface area contributed by atoms with Gasteiger partial charge in [-0.25, -0.2) is 4.39 Å². The molecule has 2 aromatic rings. The molecule has 0 fully saturated rings. The average Bonchev–Trinajstić information content (AvgIpc) is 2.77. The lowest BCUT2D eigenvalue weighted by Crippen LogP contribution is -2.37. The van der Waals surface area contributed by atoms with E-state index in [1.807, 2.05) is 6.92 Å². The fraction of sp³-hybridized carbons (Fsp3) is 0.438. The van der Waals surface area contributed by atoms with E-state index in [-0.39, 0.29) is 17.8 Å². The first kappa shape index (κ1) is 15.8. The van der Waals surface area contributed by atoms with Crippen LogP contribution in [0.1, 0.15) is 43.3 Å². The summed E-state index contributed by atoms with van der Waals surface area (Å²) in [6.07, 6.45) is 2.04. The van der Waals surface area contributed by atoms with Gasteiger partial charge in [0.05, 0.1) is 5.69 Å². The van der Waals surface area contributed by atoms with E-state index in [0.29, 0.717) is 21.9 Å². The highest BCUT2D eigenvalue weighted by atomic mass is 32.1. The van der Waals surface area contributed by atoms with Gasteiger partial charge in [0.2, 0.25) is 0 Å². The third-order valence-electron chi connectivity index (χ3n) is 4.01. The van der Waals surface area contributed by atoms with Crippen molar-refractivity contribution < 1.29 is 9.18 Å². The molecule has 2 rings (SSSR count). The minimum atomic E-state index is -0.343. The second-order valence-corrected chi connectivity index (χ2v) is 6.38. The minimum absolute atomic E-state index is 0.0915. The molecule has 3 nitrogen and oxygen atoms in total. The lowest BCUT2D eigenvalue weighted by Gasteiger charge is -2.22. The monoisotopic (exact) mass is 308 g/mol. The van der Waals surface area contributed by atoms with Gasteiger partial charge in [-0.2, -0.15) is 0 Å². The molecule has 0 aliphatic carbocycles. The molecule has 1 unspecified atom stereocenters. The summed E-state index contributed by atoms with van der Waals surface area (Å²) in [5.74, 6) is -0.0696. The number of anilines is 1. The maximum Gasteiger partial charge on any atom is 0.263 e. The van der Waals surface area contributed by atoms with Gasteiger partial charge in [-0.05, 0) is 31.0 Å². The zero-order valence-corrected chi connectivity index (χ0v) is 13.4. The molecule has 0 saturated heterocycles. The number of halogens is 1. The predicted octanol–water partition coefficient (Wildman–Crippen LogP) is 4.18. The molecule has 0 radical (unpaired) electrons. The van der Waals surface area contributed by atoms with Gasteiger partial charge in [-0.15, -0.1) is 11.3 Å². The van der Waals surface area contributed by atoms with E-state index in [9.17, 15) is 9.18 Å². The number of nitrogens with one attached hydrogen (secondary N) is 1. The van der Waals surface area contributed by atoms with Crippen LogP contribution in [0.2, 0.25) is 0 Å². The molecular weight excluding hydrogens is 287 g/mol. The summed E-state index contributed by atoms with van der Waals surface area (Å²) < 4.78 is 14.1. The quantitative estimate of drug-likeness (QED) is 0.870. The molecule has 0 saturated carbocycles. The Morgan fingerprint density at radius 2 is 2.05 bits per heavy atom. The second-order valence-electron chi connectivity index (χ2n) is 5.32. The molecule has 1 heterocycles. The molecule has 0 aliphatic heterocycles. The van der Waals surface area contributed by atoms with Gasteiger partial charge in [0.1, 0.15) is 10.7 Å². The molecule has 114 valence electrons. The topological polar surface area (TPSA) is 55.1 Å². The van der Waals surface area contributed by atoms with E-state index >= 15 is 0 Å². The smallest absolute Gasteiger partial charge is 0.263 e.